The molecule has 0 aliphatic carbocycles. The average Bonchev–Trinajstić information content (AvgIpc) is 2.35. The van der Waals surface area contributed by atoms with Gasteiger partial charge in [0.25, 0.3) is 0 Å². The highest BCUT2D eigenvalue weighted by molar-refractivity contribution is 5.40. The standard InChI is InChI=1S/C7H9NO.C6H7NO/c8-5-6-1-3-7(9)4-2-6;7-5-1-3-6(8)4-2-5/h1-4,9H,5,8H2;1-4,8H,7H2. The Balaban J connectivity index is 0.000000171. The molecule has 4 nitrogen and oxygen atoms in total. The van der Waals surface area contributed by atoms with E-state index in [2.05, 4.69) is 0 Å². The number of benzene rings is 2. The van der Waals surface area contributed by atoms with Crippen LogP contribution >= 0.6 is 0 Å². The number of phenols is 2. The van der Waals surface area contributed by atoms with Crippen LogP contribution in [0.5, 0.6) is 11.5 Å². The lowest BCUT2D eigenvalue weighted by atomic mass is 10.2. The zero-order valence-corrected chi connectivity index (χ0v) is 9.38. The van der Waals surface area contributed by atoms with E-state index in [1.807, 2.05) is 0 Å². The molecular formula is C13H16N2O2. The fourth-order valence-corrected chi connectivity index (χ4v) is 1.11. The van der Waals surface area contributed by atoms with E-state index in [4.69, 9.17) is 21.7 Å². The highest BCUT2D eigenvalue weighted by Gasteiger charge is 1.86. The van der Waals surface area contributed by atoms with E-state index >= 15 is 0 Å². The molecule has 0 fully saturated rings. The van der Waals surface area contributed by atoms with Crippen LogP contribution < -0.4 is 11.5 Å². The van der Waals surface area contributed by atoms with Gasteiger partial charge in [0.2, 0.25) is 0 Å². The molecule has 4 heteroatoms. The maximum Gasteiger partial charge on any atom is 0.115 e. The molecule has 2 aromatic carbocycles. The van der Waals surface area contributed by atoms with Crippen molar-refractivity contribution in [3.05, 3.63) is 54.1 Å². The first-order chi connectivity index (χ1) is 8.11. The van der Waals surface area contributed by atoms with Crippen LogP contribution in [-0.4, -0.2) is 10.2 Å². The number of anilines is 1. The van der Waals surface area contributed by atoms with Gasteiger partial charge in [0.05, 0.1) is 0 Å². The van der Waals surface area contributed by atoms with Crippen molar-refractivity contribution < 1.29 is 10.2 Å². The highest BCUT2D eigenvalue weighted by atomic mass is 16.3. The molecule has 0 saturated heterocycles. The maximum absolute atomic E-state index is 8.81. The molecule has 0 unspecified atom stereocenters. The summed E-state index contributed by atoms with van der Waals surface area (Å²) in [5, 5.41) is 17.5. The van der Waals surface area contributed by atoms with Crippen LogP contribution in [-0.2, 0) is 6.54 Å². The molecule has 0 aromatic heterocycles. The van der Waals surface area contributed by atoms with Crippen LogP contribution in [0, 0.1) is 0 Å². The van der Waals surface area contributed by atoms with Gasteiger partial charge in [0.15, 0.2) is 0 Å². The molecule has 0 heterocycles. The van der Waals surface area contributed by atoms with E-state index in [0.717, 1.165) is 5.56 Å². The Kier molecular flexibility index (Phi) is 4.84. The van der Waals surface area contributed by atoms with Gasteiger partial charge >= 0.3 is 0 Å². The van der Waals surface area contributed by atoms with Gasteiger partial charge in [-0.2, -0.15) is 0 Å². The second-order valence-electron chi connectivity index (χ2n) is 3.46. The topological polar surface area (TPSA) is 92.5 Å². The third-order valence-electron chi connectivity index (χ3n) is 2.07. The van der Waals surface area contributed by atoms with Gasteiger partial charge in [-0.3, -0.25) is 0 Å². The van der Waals surface area contributed by atoms with Crippen molar-refractivity contribution in [1.29, 1.82) is 0 Å². The minimum atomic E-state index is 0.249. The Labute approximate surface area is 100 Å². The molecule has 0 radical (unpaired) electrons. The lowest BCUT2D eigenvalue weighted by molar-refractivity contribution is 0.474. The number of hydrogen-bond acceptors (Lipinski definition) is 4. The first-order valence-electron chi connectivity index (χ1n) is 5.14. The summed E-state index contributed by atoms with van der Waals surface area (Å²) in [6, 6.07) is 13.3. The van der Waals surface area contributed by atoms with Crippen LogP contribution in [0.4, 0.5) is 5.69 Å². The summed E-state index contributed by atoms with van der Waals surface area (Å²) in [5.74, 6) is 0.534. The second-order valence-corrected chi connectivity index (χ2v) is 3.46. The van der Waals surface area contributed by atoms with E-state index < -0.39 is 0 Å². The minimum Gasteiger partial charge on any atom is -0.508 e. The second kappa shape index (κ2) is 6.40. The molecule has 90 valence electrons. The minimum absolute atomic E-state index is 0.249. The molecule has 0 atom stereocenters. The van der Waals surface area contributed by atoms with Gasteiger partial charge in [-0.15, -0.1) is 0 Å². The molecular weight excluding hydrogens is 216 g/mol. The van der Waals surface area contributed by atoms with E-state index in [1.54, 1.807) is 48.5 Å². The predicted molar refractivity (Wildman–Crippen MR) is 68.5 cm³/mol. The Hall–Kier alpha value is -2.20. The Morgan fingerprint density at radius 1 is 0.765 bits per heavy atom. The summed E-state index contributed by atoms with van der Waals surface area (Å²) < 4.78 is 0. The quantitative estimate of drug-likeness (QED) is 0.446. The van der Waals surface area contributed by atoms with Crippen molar-refractivity contribution in [2.75, 3.05) is 5.73 Å². The molecule has 0 aliphatic rings. The molecule has 0 saturated carbocycles. The van der Waals surface area contributed by atoms with Gasteiger partial charge in [0, 0.05) is 12.2 Å². The average molecular weight is 232 g/mol. The van der Waals surface area contributed by atoms with Crippen LogP contribution in [0.15, 0.2) is 48.5 Å². The Morgan fingerprint density at radius 2 is 1.18 bits per heavy atom. The molecule has 0 spiro atoms. The lowest BCUT2D eigenvalue weighted by Gasteiger charge is -1.93. The summed E-state index contributed by atoms with van der Waals surface area (Å²) in [7, 11) is 0. The molecule has 2 aromatic rings. The smallest absolute Gasteiger partial charge is 0.115 e. The molecule has 6 N–H and O–H groups in total. The van der Waals surface area contributed by atoms with E-state index in [1.165, 1.54) is 0 Å². The molecule has 0 bridgehead atoms. The molecule has 2 rings (SSSR count). The normalized spacial score (nSPS) is 9.24. The molecule has 17 heavy (non-hydrogen) atoms. The van der Waals surface area contributed by atoms with Crippen LogP contribution in [0.25, 0.3) is 0 Å². The van der Waals surface area contributed by atoms with Crippen molar-refractivity contribution >= 4 is 5.69 Å². The number of phenolic OH excluding ortho intramolecular Hbond substituents is 2. The number of hydrogen-bond donors (Lipinski definition) is 4. The maximum atomic E-state index is 8.81. The third-order valence-corrected chi connectivity index (χ3v) is 2.07. The van der Waals surface area contributed by atoms with E-state index in [-0.39, 0.29) is 11.5 Å². The summed E-state index contributed by atoms with van der Waals surface area (Å²) in [6.07, 6.45) is 0. The van der Waals surface area contributed by atoms with Crippen LogP contribution in [0.1, 0.15) is 5.56 Å². The van der Waals surface area contributed by atoms with Crippen molar-refractivity contribution in [3.8, 4) is 11.5 Å². The van der Waals surface area contributed by atoms with Gasteiger partial charge in [-0.25, -0.2) is 0 Å². The number of nitrogen functional groups attached to an aromatic ring is 1. The van der Waals surface area contributed by atoms with Crippen LogP contribution in [0.2, 0.25) is 0 Å². The Morgan fingerprint density at radius 3 is 1.53 bits per heavy atom. The van der Waals surface area contributed by atoms with Gasteiger partial charge < -0.3 is 21.7 Å². The zero-order chi connectivity index (χ0) is 12.7. The largest absolute Gasteiger partial charge is 0.508 e. The third kappa shape index (κ3) is 4.90. The SMILES string of the molecule is NCc1ccc(O)cc1.Nc1ccc(O)cc1. The van der Waals surface area contributed by atoms with Gasteiger partial charge in [-0.05, 0) is 42.0 Å². The monoisotopic (exact) mass is 232 g/mol. The molecule has 0 aliphatic heterocycles. The number of nitrogens with two attached hydrogens (primary N) is 2. The predicted octanol–water partition coefficient (Wildman–Crippen LogP) is 1.83. The summed E-state index contributed by atoms with van der Waals surface area (Å²) in [4.78, 5) is 0. The van der Waals surface area contributed by atoms with Gasteiger partial charge in [0.1, 0.15) is 11.5 Å². The Bertz CT molecular complexity index is 417. The zero-order valence-electron chi connectivity index (χ0n) is 9.38. The van der Waals surface area contributed by atoms with Gasteiger partial charge in [-0.1, -0.05) is 12.1 Å². The summed E-state index contributed by atoms with van der Waals surface area (Å²) in [6.45, 7) is 0.528. The van der Waals surface area contributed by atoms with Crippen LogP contribution in [0.3, 0.4) is 0 Å². The number of aromatic hydroxyl groups is 2. The first-order valence-corrected chi connectivity index (χ1v) is 5.14. The van der Waals surface area contributed by atoms with Crippen molar-refractivity contribution in [2.45, 2.75) is 6.54 Å². The van der Waals surface area contributed by atoms with Crippen molar-refractivity contribution in [3.63, 3.8) is 0 Å². The van der Waals surface area contributed by atoms with Crippen molar-refractivity contribution in [2.24, 2.45) is 5.73 Å². The first kappa shape index (κ1) is 12.9. The lowest BCUT2D eigenvalue weighted by Crippen LogP contribution is -1.94. The van der Waals surface area contributed by atoms with Crippen molar-refractivity contribution in [1.82, 2.24) is 0 Å². The fourth-order valence-electron chi connectivity index (χ4n) is 1.11. The van der Waals surface area contributed by atoms with E-state index in [9.17, 15) is 0 Å². The fraction of sp³-hybridized carbons (Fsp3) is 0.0769. The summed E-state index contributed by atoms with van der Waals surface area (Å²) in [5.41, 5.74) is 12.3. The summed E-state index contributed by atoms with van der Waals surface area (Å²) >= 11 is 0. The van der Waals surface area contributed by atoms with E-state index in [0.29, 0.717) is 12.2 Å². The molecule has 0 amide bonds. The number of rotatable bonds is 1. The highest BCUT2D eigenvalue weighted by Crippen LogP contribution is 2.09.